The molecule has 5 nitrogen and oxygen atoms in total. The van der Waals surface area contributed by atoms with Crippen LogP contribution in [-0.2, 0) is 14.6 Å². The summed E-state index contributed by atoms with van der Waals surface area (Å²) in [6.07, 6.45) is 2.51. The van der Waals surface area contributed by atoms with Crippen LogP contribution in [0.25, 0.3) is 0 Å². The van der Waals surface area contributed by atoms with E-state index in [-0.39, 0.29) is 6.61 Å². The molecule has 0 aromatic rings. The summed E-state index contributed by atoms with van der Waals surface area (Å²) in [6, 6.07) is 0. The molecule has 0 aromatic heterocycles. The summed E-state index contributed by atoms with van der Waals surface area (Å²) in [5.74, 6) is 0. The van der Waals surface area contributed by atoms with Gasteiger partial charge in [0.15, 0.2) is 0 Å². The molecule has 0 aliphatic carbocycles. The summed E-state index contributed by atoms with van der Waals surface area (Å²) >= 11 is 0. The van der Waals surface area contributed by atoms with Crippen molar-refractivity contribution in [2.45, 2.75) is 38.7 Å². The van der Waals surface area contributed by atoms with Crippen LogP contribution in [-0.4, -0.2) is 30.8 Å². The highest BCUT2D eigenvalue weighted by atomic mass is 32.3. The van der Waals surface area contributed by atoms with Crippen LogP contribution in [0.15, 0.2) is 0 Å². The van der Waals surface area contributed by atoms with Gasteiger partial charge in [0, 0.05) is 0 Å². The lowest BCUT2D eigenvalue weighted by Crippen LogP contribution is -2.18. The average molecular weight is 212 g/mol. The van der Waals surface area contributed by atoms with Gasteiger partial charge in [-0.15, -0.1) is 0 Å². The monoisotopic (exact) mass is 212 g/mol. The summed E-state index contributed by atoms with van der Waals surface area (Å²) in [5, 5.41) is 9.14. The van der Waals surface area contributed by atoms with Gasteiger partial charge in [-0.25, -0.2) is 4.18 Å². The third kappa shape index (κ3) is 9.75. The van der Waals surface area contributed by atoms with E-state index in [4.69, 9.17) is 9.66 Å². The van der Waals surface area contributed by atoms with Gasteiger partial charge in [-0.1, -0.05) is 26.2 Å². The minimum atomic E-state index is -4.41. The average Bonchev–Trinajstić information content (AvgIpc) is 2.00. The first-order valence-corrected chi connectivity index (χ1v) is 5.62. The van der Waals surface area contributed by atoms with Gasteiger partial charge in [0.05, 0.1) is 12.7 Å². The summed E-state index contributed by atoms with van der Waals surface area (Å²) in [6.45, 7) is 1.66. The molecule has 0 rings (SSSR count). The Kier molecular flexibility index (Phi) is 6.23. The quantitative estimate of drug-likeness (QED) is 0.480. The number of aliphatic hydroxyl groups is 1. The van der Waals surface area contributed by atoms with Crippen LogP contribution in [0.4, 0.5) is 0 Å². The number of hydrogen-bond donors (Lipinski definition) is 2. The number of rotatable bonds is 7. The molecule has 0 bridgehead atoms. The highest BCUT2D eigenvalue weighted by Crippen LogP contribution is 2.04. The molecule has 2 N–H and O–H groups in total. The van der Waals surface area contributed by atoms with Crippen molar-refractivity contribution in [3.8, 4) is 0 Å². The van der Waals surface area contributed by atoms with Crippen LogP contribution in [0, 0.1) is 0 Å². The van der Waals surface area contributed by atoms with Crippen LogP contribution in [0.3, 0.4) is 0 Å². The SMILES string of the molecule is CCCCCC(O)COS(=O)(=O)O. The topological polar surface area (TPSA) is 83.8 Å². The maximum atomic E-state index is 10.1. The summed E-state index contributed by atoms with van der Waals surface area (Å²) in [7, 11) is -4.41. The van der Waals surface area contributed by atoms with E-state index in [2.05, 4.69) is 4.18 Å². The fraction of sp³-hybridized carbons (Fsp3) is 1.00. The molecular formula is C7H16O5S. The van der Waals surface area contributed by atoms with E-state index in [0.29, 0.717) is 6.42 Å². The Bertz CT molecular complexity index is 211. The van der Waals surface area contributed by atoms with Crippen molar-refractivity contribution in [1.82, 2.24) is 0 Å². The van der Waals surface area contributed by atoms with Gasteiger partial charge in [-0.05, 0) is 6.42 Å². The number of aliphatic hydroxyl groups excluding tert-OH is 1. The molecule has 1 atom stereocenters. The Morgan fingerprint density at radius 3 is 2.46 bits per heavy atom. The number of unbranched alkanes of at least 4 members (excludes halogenated alkanes) is 2. The van der Waals surface area contributed by atoms with E-state index in [1.165, 1.54) is 0 Å². The Balaban J connectivity index is 3.46. The van der Waals surface area contributed by atoms with Crippen LogP contribution in [0.5, 0.6) is 0 Å². The lowest BCUT2D eigenvalue weighted by Gasteiger charge is -2.08. The van der Waals surface area contributed by atoms with E-state index in [0.717, 1.165) is 19.3 Å². The van der Waals surface area contributed by atoms with Crippen LogP contribution in [0.2, 0.25) is 0 Å². The largest absolute Gasteiger partial charge is 0.397 e. The predicted octanol–water partition coefficient (Wildman–Crippen LogP) is 0.747. The van der Waals surface area contributed by atoms with Crippen molar-refractivity contribution < 1.29 is 22.3 Å². The maximum Gasteiger partial charge on any atom is 0.397 e. The maximum absolute atomic E-state index is 10.1. The molecule has 1 unspecified atom stereocenters. The summed E-state index contributed by atoms with van der Waals surface area (Å²) in [4.78, 5) is 0. The first-order chi connectivity index (χ1) is 5.95. The van der Waals surface area contributed by atoms with Gasteiger partial charge in [-0.3, -0.25) is 4.55 Å². The predicted molar refractivity (Wildman–Crippen MR) is 47.6 cm³/mol. The van der Waals surface area contributed by atoms with Gasteiger partial charge in [0.25, 0.3) is 0 Å². The van der Waals surface area contributed by atoms with Gasteiger partial charge >= 0.3 is 10.4 Å². The zero-order valence-corrected chi connectivity index (χ0v) is 8.46. The van der Waals surface area contributed by atoms with E-state index in [9.17, 15) is 8.42 Å². The lowest BCUT2D eigenvalue weighted by molar-refractivity contribution is 0.0936. The molecule has 0 aliphatic rings. The van der Waals surface area contributed by atoms with E-state index in [1.54, 1.807) is 0 Å². The van der Waals surface area contributed by atoms with Gasteiger partial charge in [-0.2, -0.15) is 8.42 Å². The van der Waals surface area contributed by atoms with Crippen LogP contribution < -0.4 is 0 Å². The molecule has 80 valence electrons. The molecule has 13 heavy (non-hydrogen) atoms. The van der Waals surface area contributed by atoms with Crippen molar-refractivity contribution in [3.63, 3.8) is 0 Å². The van der Waals surface area contributed by atoms with Gasteiger partial charge in [0.1, 0.15) is 0 Å². The molecule has 0 saturated carbocycles. The third-order valence-corrected chi connectivity index (χ3v) is 1.98. The van der Waals surface area contributed by atoms with Gasteiger partial charge in [0.2, 0.25) is 0 Å². The molecule has 0 fully saturated rings. The molecule has 6 heteroatoms. The lowest BCUT2D eigenvalue weighted by atomic mass is 10.1. The minimum absolute atomic E-state index is 0.372. The molecule has 0 saturated heterocycles. The number of hydrogen-bond acceptors (Lipinski definition) is 4. The zero-order valence-electron chi connectivity index (χ0n) is 7.64. The molecular weight excluding hydrogens is 196 g/mol. The molecule has 0 amide bonds. The first kappa shape index (κ1) is 12.8. The van der Waals surface area contributed by atoms with Crippen LogP contribution in [0.1, 0.15) is 32.6 Å². The summed E-state index contributed by atoms with van der Waals surface area (Å²) in [5.41, 5.74) is 0. The third-order valence-electron chi connectivity index (χ3n) is 1.55. The second kappa shape index (κ2) is 6.31. The Morgan fingerprint density at radius 1 is 1.38 bits per heavy atom. The van der Waals surface area contributed by atoms with Crippen molar-refractivity contribution >= 4 is 10.4 Å². The normalized spacial score (nSPS) is 14.4. The molecule has 0 radical (unpaired) electrons. The second-order valence-electron chi connectivity index (χ2n) is 2.86. The standard InChI is InChI=1S/C7H16O5S/c1-2-3-4-5-7(8)6-12-13(9,10)11/h7-8H,2-6H2,1H3,(H,9,10,11). The van der Waals surface area contributed by atoms with E-state index in [1.807, 2.05) is 6.92 Å². The fourth-order valence-corrected chi connectivity index (χ4v) is 1.21. The van der Waals surface area contributed by atoms with Crippen molar-refractivity contribution in [2.24, 2.45) is 0 Å². The zero-order chi connectivity index (χ0) is 10.3. The molecule has 0 heterocycles. The van der Waals surface area contributed by atoms with Crippen molar-refractivity contribution in [2.75, 3.05) is 6.61 Å². The molecule has 0 aromatic carbocycles. The second-order valence-corrected chi connectivity index (χ2v) is 3.95. The molecule has 0 spiro atoms. The molecule has 0 aliphatic heterocycles. The first-order valence-electron chi connectivity index (χ1n) is 4.25. The van der Waals surface area contributed by atoms with E-state index < -0.39 is 16.5 Å². The Hall–Kier alpha value is -0.170. The highest BCUT2D eigenvalue weighted by Gasteiger charge is 2.09. The van der Waals surface area contributed by atoms with Crippen molar-refractivity contribution in [1.29, 1.82) is 0 Å². The highest BCUT2D eigenvalue weighted by molar-refractivity contribution is 7.80. The Labute approximate surface area is 78.7 Å². The van der Waals surface area contributed by atoms with Crippen LogP contribution >= 0.6 is 0 Å². The fourth-order valence-electron chi connectivity index (χ4n) is 0.878. The smallest absolute Gasteiger partial charge is 0.391 e. The Morgan fingerprint density at radius 2 is 2.00 bits per heavy atom. The van der Waals surface area contributed by atoms with Gasteiger partial charge < -0.3 is 5.11 Å². The van der Waals surface area contributed by atoms with E-state index >= 15 is 0 Å². The van der Waals surface area contributed by atoms with Crippen molar-refractivity contribution in [3.05, 3.63) is 0 Å². The minimum Gasteiger partial charge on any atom is -0.391 e. The summed E-state index contributed by atoms with van der Waals surface area (Å²) < 4.78 is 32.4.